The third kappa shape index (κ3) is 3.31. The van der Waals surface area contributed by atoms with Crippen LogP contribution in [0.15, 0.2) is 5.38 Å². The van der Waals surface area contributed by atoms with Crippen LogP contribution < -0.4 is 10.2 Å². The van der Waals surface area contributed by atoms with Gasteiger partial charge in [-0.1, -0.05) is 6.92 Å². The molecule has 2 fully saturated rings. The average Bonchev–Trinajstić information content (AvgIpc) is 3.15. The third-order valence-corrected chi connectivity index (χ3v) is 5.04. The summed E-state index contributed by atoms with van der Waals surface area (Å²) >= 11 is 1.78. The van der Waals surface area contributed by atoms with Crippen LogP contribution in [0, 0.1) is 0 Å². The maximum atomic E-state index is 5.44. The van der Waals surface area contributed by atoms with E-state index in [1.54, 1.807) is 11.3 Å². The summed E-state index contributed by atoms with van der Waals surface area (Å²) < 4.78 is 5.44. The fraction of sp³-hybridized carbons (Fsp3) is 0.786. The first-order chi connectivity index (χ1) is 9.86. The number of nitrogens with one attached hydrogen (secondary N) is 1. The van der Waals surface area contributed by atoms with E-state index in [9.17, 15) is 0 Å². The molecule has 0 saturated carbocycles. The van der Waals surface area contributed by atoms with Crippen LogP contribution in [0.4, 0.5) is 5.13 Å². The summed E-state index contributed by atoms with van der Waals surface area (Å²) in [6, 6.07) is 0.681. The number of hydrogen-bond donors (Lipinski definition) is 1. The summed E-state index contributed by atoms with van der Waals surface area (Å²) in [6.45, 7) is 10.2. The molecule has 0 aliphatic carbocycles. The van der Waals surface area contributed by atoms with Gasteiger partial charge >= 0.3 is 0 Å². The van der Waals surface area contributed by atoms with Crippen LogP contribution in [0.1, 0.15) is 19.0 Å². The van der Waals surface area contributed by atoms with Gasteiger partial charge in [0.15, 0.2) is 5.13 Å². The lowest BCUT2D eigenvalue weighted by atomic mass is 10.2. The molecule has 3 heterocycles. The lowest BCUT2D eigenvalue weighted by Crippen LogP contribution is -2.44. The van der Waals surface area contributed by atoms with E-state index in [2.05, 4.69) is 27.4 Å². The van der Waals surface area contributed by atoms with Crippen molar-refractivity contribution in [3.63, 3.8) is 0 Å². The molecule has 0 bridgehead atoms. The van der Waals surface area contributed by atoms with Gasteiger partial charge in [0, 0.05) is 44.1 Å². The van der Waals surface area contributed by atoms with Gasteiger partial charge in [-0.15, -0.1) is 11.3 Å². The number of nitrogens with zero attached hydrogens (tertiary/aromatic N) is 3. The summed E-state index contributed by atoms with van der Waals surface area (Å²) in [4.78, 5) is 9.77. The molecule has 6 heteroatoms. The van der Waals surface area contributed by atoms with E-state index in [4.69, 9.17) is 9.72 Å². The van der Waals surface area contributed by atoms with Crippen LogP contribution in [0.5, 0.6) is 0 Å². The molecule has 2 saturated heterocycles. The summed E-state index contributed by atoms with van der Waals surface area (Å²) in [5.41, 5.74) is 1.17. The molecule has 1 aromatic rings. The molecule has 0 spiro atoms. The zero-order valence-electron chi connectivity index (χ0n) is 12.2. The molecule has 1 atom stereocenters. The van der Waals surface area contributed by atoms with Crippen molar-refractivity contribution in [2.45, 2.75) is 25.9 Å². The van der Waals surface area contributed by atoms with E-state index in [1.807, 2.05) is 0 Å². The van der Waals surface area contributed by atoms with E-state index in [-0.39, 0.29) is 0 Å². The first-order valence-corrected chi connectivity index (χ1v) is 8.46. The Bertz CT molecular complexity index is 419. The lowest BCUT2D eigenvalue weighted by Gasteiger charge is -2.32. The van der Waals surface area contributed by atoms with Gasteiger partial charge in [0.1, 0.15) is 0 Å². The highest BCUT2D eigenvalue weighted by atomic mass is 32.1. The van der Waals surface area contributed by atoms with Crippen molar-refractivity contribution in [3.05, 3.63) is 11.1 Å². The van der Waals surface area contributed by atoms with Crippen LogP contribution >= 0.6 is 11.3 Å². The van der Waals surface area contributed by atoms with Crippen molar-refractivity contribution < 1.29 is 4.74 Å². The van der Waals surface area contributed by atoms with Crippen molar-refractivity contribution in [3.8, 4) is 0 Å². The molecule has 112 valence electrons. The first-order valence-electron chi connectivity index (χ1n) is 7.58. The fourth-order valence-electron chi connectivity index (χ4n) is 2.93. The van der Waals surface area contributed by atoms with Gasteiger partial charge in [0.25, 0.3) is 0 Å². The molecule has 0 aromatic carbocycles. The lowest BCUT2D eigenvalue weighted by molar-refractivity contribution is 0.0209. The van der Waals surface area contributed by atoms with Crippen LogP contribution in [-0.2, 0) is 11.3 Å². The Morgan fingerprint density at radius 3 is 3.05 bits per heavy atom. The number of anilines is 1. The molecule has 5 nitrogen and oxygen atoms in total. The number of aromatic nitrogens is 1. The molecular formula is C14H24N4OS. The second kappa shape index (κ2) is 6.85. The maximum absolute atomic E-state index is 5.44. The molecule has 2 aliphatic rings. The minimum Gasteiger partial charge on any atom is -0.379 e. The Balaban J connectivity index is 1.54. The molecule has 1 unspecified atom stereocenters. The van der Waals surface area contributed by atoms with Crippen molar-refractivity contribution in [1.82, 2.24) is 15.2 Å². The normalized spacial score (nSPS) is 24.4. The average molecular weight is 296 g/mol. The Morgan fingerprint density at radius 2 is 2.25 bits per heavy atom. The highest BCUT2D eigenvalue weighted by Crippen LogP contribution is 2.26. The molecular weight excluding hydrogens is 272 g/mol. The zero-order chi connectivity index (χ0) is 13.8. The third-order valence-electron chi connectivity index (χ3n) is 4.09. The predicted molar refractivity (Wildman–Crippen MR) is 82.5 cm³/mol. The van der Waals surface area contributed by atoms with Gasteiger partial charge in [-0.2, -0.15) is 0 Å². The number of thiazole rings is 1. The number of rotatable bonds is 5. The number of morpholine rings is 1. The van der Waals surface area contributed by atoms with Gasteiger partial charge in [0.05, 0.1) is 18.9 Å². The second-order valence-electron chi connectivity index (χ2n) is 5.44. The molecule has 3 rings (SSSR count). The smallest absolute Gasteiger partial charge is 0.185 e. The number of hydrogen-bond acceptors (Lipinski definition) is 6. The van der Waals surface area contributed by atoms with Crippen molar-refractivity contribution in [2.24, 2.45) is 0 Å². The molecule has 0 radical (unpaired) electrons. The Morgan fingerprint density at radius 1 is 1.40 bits per heavy atom. The van der Waals surface area contributed by atoms with Crippen LogP contribution in [0.25, 0.3) is 0 Å². The Labute approximate surface area is 124 Å². The molecule has 2 aliphatic heterocycles. The highest BCUT2D eigenvalue weighted by Gasteiger charge is 2.29. The van der Waals surface area contributed by atoms with Crippen molar-refractivity contribution >= 4 is 16.5 Å². The zero-order valence-corrected chi connectivity index (χ0v) is 13.0. The molecule has 0 amide bonds. The van der Waals surface area contributed by atoms with Crippen LogP contribution in [-0.4, -0.2) is 61.9 Å². The largest absolute Gasteiger partial charge is 0.379 e. The topological polar surface area (TPSA) is 40.6 Å². The summed E-state index contributed by atoms with van der Waals surface area (Å²) in [6.07, 6.45) is 1.25. The van der Waals surface area contributed by atoms with Gasteiger partial charge in [-0.05, 0) is 13.0 Å². The monoisotopic (exact) mass is 296 g/mol. The minimum atomic E-state index is 0.681. The SMILES string of the molecule is CCNCc1csc(N2CCC(N3CCOCC3)C2)n1. The Kier molecular flexibility index (Phi) is 4.88. The Hall–Kier alpha value is -0.690. The maximum Gasteiger partial charge on any atom is 0.185 e. The molecule has 1 aromatic heterocycles. The van der Waals surface area contributed by atoms with Gasteiger partial charge in [-0.3, -0.25) is 4.90 Å². The highest BCUT2D eigenvalue weighted by molar-refractivity contribution is 7.13. The first kappa shape index (κ1) is 14.3. The molecule has 1 N–H and O–H groups in total. The standard InChI is InChI=1S/C14H24N4OS/c1-2-15-9-12-11-20-14(16-12)18-4-3-13(10-18)17-5-7-19-8-6-17/h11,13,15H,2-10H2,1H3. The van der Waals surface area contributed by atoms with E-state index in [0.29, 0.717) is 6.04 Å². The summed E-state index contributed by atoms with van der Waals surface area (Å²) in [7, 11) is 0. The van der Waals surface area contributed by atoms with E-state index in [0.717, 1.165) is 52.5 Å². The minimum absolute atomic E-state index is 0.681. The van der Waals surface area contributed by atoms with Crippen molar-refractivity contribution in [2.75, 3.05) is 50.8 Å². The van der Waals surface area contributed by atoms with Crippen molar-refractivity contribution in [1.29, 1.82) is 0 Å². The summed E-state index contributed by atoms with van der Waals surface area (Å²) in [5.74, 6) is 0. The van der Waals surface area contributed by atoms with Gasteiger partial charge in [0.2, 0.25) is 0 Å². The van der Waals surface area contributed by atoms with Crippen LogP contribution in [0.2, 0.25) is 0 Å². The van der Waals surface area contributed by atoms with E-state index >= 15 is 0 Å². The van der Waals surface area contributed by atoms with E-state index < -0.39 is 0 Å². The van der Waals surface area contributed by atoms with Gasteiger partial charge < -0.3 is 15.0 Å². The quantitative estimate of drug-likeness (QED) is 0.883. The summed E-state index contributed by atoms with van der Waals surface area (Å²) in [5, 5.41) is 6.70. The predicted octanol–water partition coefficient (Wildman–Crippen LogP) is 1.16. The van der Waals surface area contributed by atoms with E-state index in [1.165, 1.54) is 17.2 Å². The number of ether oxygens (including phenoxy) is 1. The van der Waals surface area contributed by atoms with Gasteiger partial charge in [-0.25, -0.2) is 4.98 Å². The second-order valence-corrected chi connectivity index (χ2v) is 6.28. The van der Waals surface area contributed by atoms with Crippen LogP contribution in [0.3, 0.4) is 0 Å². The fourth-order valence-corrected chi connectivity index (χ4v) is 3.79. The molecule has 20 heavy (non-hydrogen) atoms.